The topological polar surface area (TPSA) is 71.0 Å². The number of pyridine rings is 1. The summed E-state index contributed by atoms with van der Waals surface area (Å²) in [5, 5.41) is 4.04. The number of hydrogen-bond donors (Lipinski definition) is 1. The van der Waals surface area contributed by atoms with Crippen LogP contribution in [0.2, 0.25) is 0 Å². The van der Waals surface area contributed by atoms with Crippen molar-refractivity contribution in [1.29, 1.82) is 0 Å². The highest BCUT2D eigenvalue weighted by Crippen LogP contribution is 2.26. The summed E-state index contributed by atoms with van der Waals surface area (Å²) in [4.78, 5) is 27.5. The number of rotatable bonds is 6. The second-order valence-electron chi connectivity index (χ2n) is 5.91. The third-order valence-corrected chi connectivity index (χ3v) is 4.92. The molecule has 0 saturated carbocycles. The van der Waals surface area contributed by atoms with E-state index in [-0.39, 0.29) is 12.5 Å². The Morgan fingerprint density at radius 1 is 1.15 bits per heavy atom. The molecule has 0 aliphatic rings. The molecule has 27 heavy (non-hydrogen) atoms. The van der Waals surface area contributed by atoms with Crippen molar-refractivity contribution in [2.45, 2.75) is 11.9 Å². The molecule has 0 aliphatic heterocycles. The first-order chi connectivity index (χ1) is 13.1. The van der Waals surface area contributed by atoms with E-state index in [1.165, 1.54) is 0 Å². The average molecular weight is 379 g/mol. The van der Waals surface area contributed by atoms with Crippen LogP contribution >= 0.6 is 11.8 Å². The summed E-state index contributed by atoms with van der Waals surface area (Å²) in [6.07, 6.45) is 5.41. The molecule has 0 unspecified atom stereocenters. The van der Waals surface area contributed by atoms with Crippen LogP contribution in [-0.2, 0) is 4.79 Å². The van der Waals surface area contributed by atoms with Gasteiger partial charge in [0.1, 0.15) is 10.8 Å². The maximum Gasteiger partial charge on any atom is 0.246 e. The fourth-order valence-corrected chi connectivity index (χ4v) is 3.15. The van der Waals surface area contributed by atoms with Crippen LogP contribution in [0.15, 0.2) is 59.9 Å². The molecule has 0 aliphatic carbocycles. The highest BCUT2D eigenvalue weighted by Gasteiger charge is 2.15. The fraction of sp³-hybridized carbons (Fsp3) is 0.200. The van der Waals surface area contributed by atoms with Gasteiger partial charge >= 0.3 is 0 Å². The van der Waals surface area contributed by atoms with Crippen molar-refractivity contribution < 1.29 is 4.79 Å². The number of nitrogens with one attached hydrogen (secondary N) is 1. The fourth-order valence-electron chi connectivity index (χ4n) is 2.56. The van der Waals surface area contributed by atoms with Gasteiger partial charge in [-0.2, -0.15) is 0 Å². The van der Waals surface area contributed by atoms with Gasteiger partial charge in [-0.3, -0.25) is 9.78 Å². The van der Waals surface area contributed by atoms with Crippen molar-refractivity contribution in [2.24, 2.45) is 0 Å². The van der Waals surface area contributed by atoms with Gasteiger partial charge in [-0.25, -0.2) is 9.97 Å². The molecule has 0 bridgehead atoms. The monoisotopic (exact) mass is 379 g/mol. The highest BCUT2D eigenvalue weighted by atomic mass is 32.2. The molecule has 0 fully saturated rings. The van der Waals surface area contributed by atoms with E-state index < -0.39 is 0 Å². The van der Waals surface area contributed by atoms with Crippen molar-refractivity contribution in [1.82, 2.24) is 15.0 Å². The lowest BCUT2D eigenvalue weighted by atomic mass is 10.2. The number of amides is 1. The third-order valence-electron chi connectivity index (χ3n) is 4.14. The molecule has 7 heteroatoms. The minimum Gasteiger partial charge on any atom is -0.361 e. The van der Waals surface area contributed by atoms with Crippen LogP contribution < -0.4 is 10.2 Å². The molecule has 1 N–H and O–H groups in total. The largest absolute Gasteiger partial charge is 0.361 e. The molecule has 2 heterocycles. The third kappa shape index (κ3) is 4.43. The van der Waals surface area contributed by atoms with Gasteiger partial charge in [0.25, 0.3) is 0 Å². The zero-order chi connectivity index (χ0) is 19.2. The molecule has 0 atom stereocenters. The Hall–Kier alpha value is -2.93. The Kier molecular flexibility index (Phi) is 6.03. The molecule has 6 nitrogen and oxygen atoms in total. The van der Waals surface area contributed by atoms with E-state index in [9.17, 15) is 4.79 Å². The maximum absolute atomic E-state index is 12.5. The quantitative estimate of drug-likeness (QED) is 0.521. The standard InChI is InChI=1S/C20H21N5OS/c1-14-18(22-13-17(26)25(2)16-9-5-4-6-10-16)23-19(24-20(14)27-3)15-8-7-11-21-12-15/h4-12H,13H2,1-3H3,(H,22,23,24). The molecule has 0 spiro atoms. The summed E-state index contributed by atoms with van der Waals surface area (Å²) in [7, 11) is 1.76. The number of carbonyl (C=O) groups excluding carboxylic acids is 1. The number of likely N-dealkylation sites (N-methyl/N-ethyl adjacent to an activating group) is 1. The Balaban J connectivity index is 1.81. The van der Waals surface area contributed by atoms with E-state index in [0.717, 1.165) is 21.8 Å². The molecule has 3 rings (SSSR count). The van der Waals surface area contributed by atoms with E-state index in [1.807, 2.05) is 55.6 Å². The van der Waals surface area contributed by atoms with Crippen LogP contribution in [0.4, 0.5) is 11.5 Å². The van der Waals surface area contributed by atoms with Crippen molar-refractivity contribution in [3.8, 4) is 11.4 Å². The van der Waals surface area contributed by atoms with E-state index in [2.05, 4.69) is 20.3 Å². The first kappa shape index (κ1) is 18.8. The van der Waals surface area contributed by atoms with Crippen molar-refractivity contribution in [3.05, 3.63) is 60.4 Å². The van der Waals surface area contributed by atoms with Gasteiger partial charge in [0.2, 0.25) is 5.91 Å². The van der Waals surface area contributed by atoms with Crippen molar-refractivity contribution in [3.63, 3.8) is 0 Å². The predicted octanol–water partition coefficient (Wildman–Crippen LogP) is 3.64. The summed E-state index contributed by atoms with van der Waals surface area (Å²) in [5.74, 6) is 1.19. The molecule has 0 saturated heterocycles. The molecule has 3 aromatic rings. The summed E-state index contributed by atoms with van der Waals surface area (Å²) in [6, 6.07) is 13.3. The molecule has 1 amide bonds. The number of nitrogens with zero attached hydrogens (tertiary/aromatic N) is 4. The van der Waals surface area contributed by atoms with E-state index >= 15 is 0 Å². The second kappa shape index (κ2) is 8.64. The normalized spacial score (nSPS) is 10.5. The number of thioether (sulfide) groups is 1. The number of para-hydroxylation sites is 1. The van der Waals surface area contributed by atoms with Crippen LogP contribution in [0.1, 0.15) is 5.56 Å². The van der Waals surface area contributed by atoms with Gasteiger partial charge in [-0.05, 0) is 37.4 Å². The SMILES string of the molecule is CSc1nc(-c2cccnc2)nc(NCC(=O)N(C)c2ccccc2)c1C. The Morgan fingerprint density at radius 3 is 2.59 bits per heavy atom. The zero-order valence-electron chi connectivity index (χ0n) is 15.5. The Bertz CT molecular complexity index is 918. The molecule has 1 aromatic carbocycles. The molecular weight excluding hydrogens is 358 g/mol. The summed E-state index contributed by atoms with van der Waals surface area (Å²) in [6.45, 7) is 2.09. The van der Waals surface area contributed by atoms with Crippen molar-refractivity contribution in [2.75, 3.05) is 30.1 Å². The Labute approximate surface area is 163 Å². The van der Waals surface area contributed by atoms with Crippen LogP contribution in [-0.4, -0.2) is 40.7 Å². The minimum absolute atomic E-state index is 0.0483. The lowest BCUT2D eigenvalue weighted by Gasteiger charge is -2.18. The summed E-state index contributed by atoms with van der Waals surface area (Å²) in [5.41, 5.74) is 2.61. The molecule has 138 valence electrons. The smallest absolute Gasteiger partial charge is 0.246 e. The van der Waals surface area contributed by atoms with Gasteiger partial charge in [-0.1, -0.05) is 18.2 Å². The van der Waals surface area contributed by atoms with Crippen LogP contribution in [0, 0.1) is 6.92 Å². The first-order valence-electron chi connectivity index (χ1n) is 8.48. The Morgan fingerprint density at radius 2 is 1.93 bits per heavy atom. The zero-order valence-corrected chi connectivity index (χ0v) is 16.3. The summed E-state index contributed by atoms with van der Waals surface area (Å²) >= 11 is 1.55. The van der Waals surface area contributed by atoms with Crippen LogP contribution in [0.5, 0.6) is 0 Å². The first-order valence-corrected chi connectivity index (χ1v) is 9.71. The lowest BCUT2D eigenvalue weighted by Crippen LogP contribution is -2.32. The van der Waals surface area contributed by atoms with E-state index in [0.29, 0.717) is 11.6 Å². The second-order valence-corrected chi connectivity index (χ2v) is 6.71. The number of carbonyl (C=O) groups is 1. The van der Waals surface area contributed by atoms with Gasteiger partial charge in [0.15, 0.2) is 5.82 Å². The van der Waals surface area contributed by atoms with Gasteiger partial charge in [-0.15, -0.1) is 11.8 Å². The average Bonchev–Trinajstić information content (AvgIpc) is 2.73. The summed E-state index contributed by atoms with van der Waals surface area (Å²) < 4.78 is 0. The number of aromatic nitrogens is 3. The van der Waals surface area contributed by atoms with Gasteiger partial charge in [0.05, 0.1) is 6.54 Å². The molecule has 2 aromatic heterocycles. The predicted molar refractivity (Wildman–Crippen MR) is 110 cm³/mol. The molecule has 0 radical (unpaired) electrons. The number of anilines is 2. The number of benzene rings is 1. The van der Waals surface area contributed by atoms with Gasteiger partial charge < -0.3 is 10.2 Å². The van der Waals surface area contributed by atoms with Crippen LogP contribution in [0.3, 0.4) is 0 Å². The van der Waals surface area contributed by atoms with Crippen molar-refractivity contribution >= 4 is 29.2 Å². The van der Waals surface area contributed by atoms with Gasteiger partial charge in [0, 0.05) is 36.3 Å². The lowest BCUT2D eigenvalue weighted by molar-refractivity contribution is -0.116. The van der Waals surface area contributed by atoms with E-state index in [1.54, 1.807) is 36.1 Å². The minimum atomic E-state index is -0.0483. The van der Waals surface area contributed by atoms with E-state index in [4.69, 9.17) is 0 Å². The molecular formula is C20H21N5OS. The van der Waals surface area contributed by atoms with Crippen LogP contribution in [0.25, 0.3) is 11.4 Å². The number of hydrogen-bond acceptors (Lipinski definition) is 6. The maximum atomic E-state index is 12.5. The highest BCUT2D eigenvalue weighted by molar-refractivity contribution is 7.98.